The quantitative estimate of drug-likeness (QED) is 0.293. The molecule has 0 aliphatic heterocycles. The highest BCUT2D eigenvalue weighted by molar-refractivity contribution is 6.20. The Morgan fingerprint density at radius 2 is 1.45 bits per heavy atom. The van der Waals surface area contributed by atoms with Crippen molar-refractivity contribution >= 4 is 22.7 Å². The van der Waals surface area contributed by atoms with Crippen molar-refractivity contribution in [2.24, 2.45) is 0 Å². The van der Waals surface area contributed by atoms with E-state index in [2.05, 4.69) is 4.98 Å². The zero-order valence-corrected chi connectivity index (χ0v) is 22.7. The third kappa shape index (κ3) is 4.73. The Hall–Kier alpha value is -5.19. The number of aromatic hydroxyl groups is 1. The molecule has 0 saturated carbocycles. The standard InChI is InChI=1S/C29H27NO10/c1-34-18-10-9-15(12-19(18)35-2)21-22-17(13-20(36-3)26(37-4)27(22)38-5)25(31)24(23(21)28(32)39-6)29(33)40-16-8-7-11-30-14-16/h7-14,31H,1-6H3. The number of rotatable bonds is 9. The molecule has 0 aliphatic rings. The van der Waals surface area contributed by atoms with E-state index in [0.717, 1.165) is 7.11 Å². The number of carbonyl (C=O) groups is 2. The fourth-order valence-electron chi connectivity index (χ4n) is 4.45. The highest BCUT2D eigenvalue weighted by Gasteiger charge is 2.34. The van der Waals surface area contributed by atoms with E-state index in [1.807, 2.05) is 0 Å². The highest BCUT2D eigenvalue weighted by atomic mass is 16.5. The van der Waals surface area contributed by atoms with E-state index in [9.17, 15) is 14.7 Å². The Balaban J connectivity index is 2.23. The number of hydrogen-bond donors (Lipinski definition) is 1. The van der Waals surface area contributed by atoms with E-state index in [4.69, 9.17) is 33.2 Å². The SMILES string of the molecule is COC(=O)c1c(C(=O)Oc2cccnc2)c(O)c2cc(OC)c(OC)c(OC)c2c1-c1ccc(OC)c(OC)c1. The van der Waals surface area contributed by atoms with Gasteiger partial charge in [0.1, 0.15) is 17.1 Å². The number of pyridine rings is 1. The Morgan fingerprint density at radius 1 is 0.750 bits per heavy atom. The summed E-state index contributed by atoms with van der Waals surface area (Å²) in [6, 6.07) is 9.45. The molecule has 208 valence electrons. The molecule has 0 aliphatic carbocycles. The maximum absolute atomic E-state index is 13.6. The number of carbonyl (C=O) groups excluding carboxylic acids is 2. The van der Waals surface area contributed by atoms with Crippen molar-refractivity contribution < 1.29 is 47.9 Å². The summed E-state index contributed by atoms with van der Waals surface area (Å²) in [4.78, 5) is 31.0. The number of benzene rings is 3. The van der Waals surface area contributed by atoms with Gasteiger partial charge < -0.3 is 38.3 Å². The molecule has 11 heteroatoms. The number of aromatic nitrogens is 1. The lowest BCUT2D eigenvalue weighted by Gasteiger charge is -2.22. The van der Waals surface area contributed by atoms with Crippen LogP contribution >= 0.6 is 0 Å². The van der Waals surface area contributed by atoms with Crippen LogP contribution in [0.15, 0.2) is 48.8 Å². The lowest BCUT2D eigenvalue weighted by atomic mass is 9.87. The van der Waals surface area contributed by atoms with Gasteiger partial charge in [-0.3, -0.25) is 4.98 Å². The second-order valence-electron chi connectivity index (χ2n) is 8.18. The van der Waals surface area contributed by atoms with Gasteiger partial charge >= 0.3 is 11.9 Å². The van der Waals surface area contributed by atoms with Crippen LogP contribution in [0.2, 0.25) is 0 Å². The van der Waals surface area contributed by atoms with Crippen LogP contribution in [0.5, 0.6) is 40.2 Å². The normalized spacial score (nSPS) is 10.6. The van der Waals surface area contributed by atoms with Gasteiger partial charge in [0, 0.05) is 22.5 Å². The third-order valence-electron chi connectivity index (χ3n) is 6.18. The molecule has 0 bridgehead atoms. The Bertz CT molecular complexity index is 1580. The van der Waals surface area contributed by atoms with E-state index < -0.39 is 23.3 Å². The minimum atomic E-state index is -1.02. The molecule has 3 aromatic carbocycles. The van der Waals surface area contributed by atoms with Gasteiger partial charge in [0.25, 0.3) is 0 Å². The van der Waals surface area contributed by atoms with Crippen LogP contribution in [-0.2, 0) is 4.74 Å². The molecule has 0 radical (unpaired) electrons. The average molecular weight is 550 g/mol. The van der Waals surface area contributed by atoms with Crippen LogP contribution in [0.1, 0.15) is 20.7 Å². The first-order valence-electron chi connectivity index (χ1n) is 11.8. The second kappa shape index (κ2) is 11.7. The van der Waals surface area contributed by atoms with Crippen LogP contribution in [0.3, 0.4) is 0 Å². The van der Waals surface area contributed by atoms with Crippen molar-refractivity contribution in [1.82, 2.24) is 4.98 Å². The number of esters is 2. The molecule has 0 fully saturated rings. The van der Waals surface area contributed by atoms with E-state index in [0.29, 0.717) is 17.1 Å². The fourth-order valence-corrected chi connectivity index (χ4v) is 4.45. The summed E-state index contributed by atoms with van der Waals surface area (Å²) in [7, 11) is 8.33. The van der Waals surface area contributed by atoms with Crippen LogP contribution in [-0.4, -0.2) is 64.7 Å². The number of phenolic OH excluding ortho intramolecular Hbond substituents is 1. The predicted molar refractivity (Wildman–Crippen MR) is 144 cm³/mol. The van der Waals surface area contributed by atoms with Crippen LogP contribution in [0.4, 0.5) is 0 Å². The van der Waals surface area contributed by atoms with Crippen molar-refractivity contribution in [2.45, 2.75) is 0 Å². The molecular weight excluding hydrogens is 522 g/mol. The molecule has 40 heavy (non-hydrogen) atoms. The molecule has 1 aromatic heterocycles. The van der Waals surface area contributed by atoms with Crippen LogP contribution in [0.25, 0.3) is 21.9 Å². The summed E-state index contributed by atoms with van der Waals surface area (Å²) in [5.74, 6) is -1.10. The first kappa shape index (κ1) is 27.8. The molecule has 4 aromatic rings. The summed E-state index contributed by atoms with van der Waals surface area (Å²) in [6.07, 6.45) is 2.83. The van der Waals surface area contributed by atoms with Crippen molar-refractivity contribution in [1.29, 1.82) is 0 Å². The summed E-state index contributed by atoms with van der Waals surface area (Å²) >= 11 is 0. The maximum atomic E-state index is 13.6. The number of phenols is 1. The van der Waals surface area contributed by atoms with Gasteiger partial charge in [-0.05, 0) is 35.9 Å². The predicted octanol–water partition coefficient (Wildman–Crippen LogP) is 4.66. The van der Waals surface area contributed by atoms with Gasteiger partial charge in [-0.15, -0.1) is 0 Å². The van der Waals surface area contributed by atoms with Crippen molar-refractivity contribution in [3.63, 3.8) is 0 Å². The van der Waals surface area contributed by atoms with Gasteiger partial charge in [-0.25, -0.2) is 9.59 Å². The van der Waals surface area contributed by atoms with E-state index >= 15 is 0 Å². The first-order chi connectivity index (χ1) is 19.3. The molecule has 1 heterocycles. The van der Waals surface area contributed by atoms with Crippen molar-refractivity contribution in [3.8, 4) is 51.4 Å². The number of fused-ring (bicyclic) bond motifs is 1. The van der Waals surface area contributed by atoms with Gasteiger partial charge in [-0.1, -0.05) is 6.07 Å². The molecule has 0 amide bonds. The summed E-state index contributed by atoms with van der Waals surface area (Å²) < 4.78 is 38.2. The zero-order chi connectivity index (χ0) is 29.0. The molecule has 0 atom stereocenters. The minimum Gasteiger partial charge on any atom is -0.506 e. The number of nitrogens with zero attached hydrogens (tertiary/aromatic N) is 1. The smallest absolute Gasteiger partial charge is 0.348 e. The van der Waals surface area contributed by atoms with Crippen LogP contribution in [0, 0.1) is 0 Å². The third-order valence-corrected chi connectivity index (χ3v) is 6.18. The fraction of sp³-hybridized carbons (Fsp3) is 0.207. The summed E-state index contributed by atoms with van der Waals surface area (Å²) in [5, 5.41) is 11.9. The highest BCUT2D eigenvalue weighted by Crippen LogP contribution is 2.52. The number of methoxy groups -OCH3 is 6. The minimum absolute atomic E-state index is 0.0976. The molecule has 0 unspecified atom stereocenters. The molecular formula is C29H27NO10. The first-order valence-corrected chi connectivity index (χ1v) is 11.8. The maximum Gasteiger partial charge on any atom is 0.348 e. The largest absolute Gasteiger partial charge is 0.506 e. The second-order valence-corrected chi connectivity index (χ2v) is 8.18. The Labute approximate surface area is 229 Å². The van der Waals surface area contributed by atoms with Gasteiger partial charge in [0.05, 0.1) is 54.4 Å². The molecule has 0 saturated heterocycles. The van der Waals surface area contributed by atoms with Gasteiger partial charge in [0.15, 0.2) is 23.0 Å². The van der Waals surface area contributed by atoms with Gasteiger partial charge in [-0.2, -0.15) is 0 Å². The lowest BCUT2D eigenvalue weighted by Crippen LogP contribution is -2.17. The topological polar surface area (TPSA) is 132 Å². The summed E-state index contributed by atoms with van der Waals surface area (Å²) in [5.41, 5.74) is -0.137. The Kier molecular flexibility index (Phi) is 8.13. The number of ether oxygens (including phenoxy) is 7. The average Bonchev–Trinajstić information content (AvgIpc) is 2.99. The van der Waals surface area contributed by atoms with E-state index in [1.165, 1.54) is 60.1 Å². The van der Waals surface area contributed by atoms with E-state index in [1.54, 1.807) is 24.3 Å². The van der Waals surface area contributed by atoms with E-state index in [-0.39, 0.29) is 44.9 Å². The molecule has 0 spiro atoms. The van der Waals surface area contributed by atoms with Gasteiger partial charge in [0.2, 0.25) is 5.75 Å². The van der Waals surface area contributed by atoms with Crippen LogP contribution < -0.4 is 28.4 Å². The molecule has 4 rings (SSSR count). The monoisotopic (exact) mass is 549 g/mol. The van der Waals surface area contributed by atoms with Crippen molar-refractivity contribution in [2.75, 3.05) is 42.7 Å². The lowest BCUT2D eigenvalue weighted by molar-refractivity contribution is 0.0587. The summed E-state index contributed by atoms with van der Waals surface area (Å²) in [6.45, 7) is 0. The van der Waals surface area contributed by atoms with Crippen molar-refractivity contribution in [3.05, 3.63) is 59.9 Å². The Morgan fingerprint density at radius 3 is 2.02 bits per heavy atom. The molecule has 11 nitrogen and oxygen atoms in total. The number of hydrogen-bond acceptors (Lipinski definition) is 11. The zero-order valence-electron chi connectivity index (χ0n) is 22.7. The molecule has 1 N–H and O–H groups in total.